The van der Waals surface area contributed by atoms with Crippen LogP contribution >= 0.6 is 0 Å². The zero-order chi connectivity index (χ0) is 20.0. The first kappa shape index (κ1) is 21.4. The molecule has 2 rings (SSSR count). The van der Waals surface area contributed by atoms with Crippen LogP contribution in [0.4, 0.5) is 5.69 Å². The molecule has 0 radical (unpaired) electrons. The fourth-order valence-corrected chi connectivity index (χ4v) is 4.81. The number of sulfonamides is 1. The van der Waals surface area contributed by atoms with Crippen molar-refractivity contribution in [2.75, 3.05) is 18.8 Å². The van der Waals surface area contributed by atoms with Crippen LogP contribution in [0.25, 0.3) is 0 Å². The minimum Gasteiger partial charge on any atom is -0.399 e. The Kier molecular flexibility index (Phi) is 7.38. The molecule has 2 unspecified atom stereocenters. The molecule has 0 saturated carbocycles. The third kappa shape index (κ3) is 5.52. The van der Waals surface area contributed by atoms with Gasteiger partial charge in [0.1, 0.15) is 0 Å². The number of nitrogen functional groups attached to an aromatic ring is 1. The topological polar surface area (TPSA) is 110 Å². The molecule has 2 aromatic carbocycles. The van der Waals surface area contributed by atoms with E-state index in [0.29, 0.717) is 12.1 Å². The van der Waals surface area contributed by atoms with E-state index in [1.54, 1.807) is 12.1 Å². The van der Waals surface area contributed by atoms with E-state index in [2.05, 4.69) is 0 Å². The molecular weight excluding hydrogens is 362 g/mol. The number of aliphatic hydroxyl groups is 1. The van der Waals surface area contributed by atoms with Crippen molar-refractivity contribution in [3.63, 3.8) is 0 Å². The van der Waals surface area contributed by atoms with Gasteiger partial charge in [-0.2, -0.15) is 4.31 Å². The van der Waals surface area contributed by atoms with Gasteiger partial charge in [0, 0.05) is 18.8 Å². The molecule has 0 aliphatic heterocycles. The summed E-state index contributed by atoms with van der Waals surface area (Å²) in [6.07, 6.45) is -0.604. The molecule has 0 aliphatic rings. The largest absolute Gasteiger partial charge is 0.399 e. The maximum atomic E-state index is 13.4. The lowest BCUT2D eigenvalue weighted by Crippen LogP contribution is -2.51. The molecule has 0 spiro atoms. The van der Waals surface area contributed by atoms with Crippen LogP contribution in [0.5, 0.6) is 0 Å². The lowest BCUT2D eigenvalue weighted by Gasteiger charge is -2.35. The van der Waals surface area contributed by atoms with Gasteiger partial charge in [0.25, 0.3) is 0 Å². The average Bonchev–Trinajstić information content (AvgIpc) is 2.65. The van der Waals surface area contributed by atoms with E-state index in [-0.39, 0.29) is 23.9 Å². The van der Waals surface area contributed by atoms with Crippen LogP contribution in [0.15, 0.2) is 59.5 Å². The first-order valence-electron chi connectivity index (χ1n) is 9.05. The normalized spacial score (nSPS) is 14.4. The Morgan fingerprint density at radius 1 is 1.04 bits per heavy atom. The van der Waals surface area contributed by atoms with Crippen LogP contribution in [0, 0.1) is 5.92 Å². The highest BCUT2D eigenvalue weighted by Gasteiger charge is 2.35. The molecule has 0 saturated heterocycles. The van der Waals surface area contributed by atoms with Crippen molar-refractivity contribution < 1.29 is 13.5 Å². The van der Waals surface area contributed by atoms with Gasteiger partial charge in [-0.15, -0.1) is 0 Å². The van der Waals surface area contributed by atoms with Crippen molar-refractivity contribution in [3.8, 4) is 0 Å². The molecule has 0 heterocycles. The van der Waals surface area contributed by atoms with Gasteiger partial charge in [-0.1, -0.05) is 44.2 Å². The number of nitrogens with zero attached hydrogens (tertiary/aromatic N) is 1. The van der Waals surface area contributed by atoms with Crippen LogP contribution in [0.2, 0.25) is 0 Å². The van der Waals surface area contributed by atoms with Crippen LogP contribution in [0.1, 0.15) is 19.4 Å². The Bertz CT molecular complexity index is 808. The summed E-state index contributed by atoms with van der Waals surface area (Å²) in [6.45, 7) is 4.14. The highest BCUT2D eigenvalue weighted by molar-refractivity contribution is 7.89. The Hall–Kier alpha value is -1.93. The minimum atomic E-state index is -3.83. The van der Waals surface area contributed by atoms with E-state index in [9.17, 15) is 13.5 Å². The molecule has 0 aromatic heterocycles. The second-order valence-corrected chi connectivity index (χ2v) is 8.99. The molecule has 0 bridgehead atoms. The maximum absolute atomic E-state index is 13.4. The highest BCUT2D eigenvalue weighted by Crippen LogP contribution is 2.24. The number of rotatable bonds is 9. The molecule has 148 valence electrons. The molecule has 2 atom stereocenters. The van der Waals surface area contributed by atoms with Crippen molar-refractivity contribution in [2.24, 2.45) is 11.7 Å². The second kappa shape index (κ2) is 9.32. The number of aliphatic hydroxyl groups excluding tert-OH is 1. The van der Waals surface area contributed by atoms with E-state index in [1.807, 2.05) is 44.2 Å². The summed E-state index contributed by atoms with van der Waals surface area (Å²) in [6, 6.07) is 15.0. The Balaban J connectivity index is 2.47. The molecule has 5 N–H and O–H groups in total. The predicted octanol–water partition coefficient (Wildman–Crippen LogP) is 1.85. The molecule has 7 heteroatoms. The zero-order valence-electron chi connectivity index (χ0n) is 15.8. The van der Waals surface area contributed by atoms with Gasteiger partial charge in [0.05, 0.1) is 17.0 Å². The third-order valence-electron chi connectivity index (χ3n) is 4.37. The Morgan fingerprint density at radius 2 is 1.63 bits per heavy atom. The summed E-state index contributed by atoms with van der Waals surface area (Å²) in [5.74, 6) is 0.0804. The van der Waals surface area contributed by atoms with Crippen molar-refractivity contribution in [1.82, 2.24) is 4.31 Å². The second-order valence-electron chi connectivity index (χ2n) is 7.10. The van der Waals surface area contributed by atoms with Gasteiger partial charge < -0.3 is 16.6 Å². The van der Waals surface area contributed by atoms with E-state index in [4.69, 9.17) is 11.5 Å². The van der Waals surface area contributed by atoms with Gasteiger partial charge in [-0.25, -0.2) is 8.42 Å². The highest BCUT2D eigenvalue weighted by atomic mass is 32.2. The van der Waals surface area contributed by atoms with Gasteiger partial charge in [-0.05, 0) is 42.2 Å². The number of nitrogens with two attached hydrogens (primary N) is 2. The van der Waals surface area contributed by atoms with Gasteiger partial charge >= 0.3 is 0 Å². The lowest BCUT2D eigenvalue weighted by molar-refractivity contribution is 0.0911. The monoisotopic (exact) mass is 391 g/mol. The minimum absolute atomic E-state index is 0.0245. The van der Waals surface area contributed by atoms with Crippen LogP contribution in [-0.4, -0.2) is 43.1 Å². The molecular formula is C20H29N3O3S. The molecule has 2 aromatic rings. The van der Waals surface area contributed by atoms with Gasteiger partial charge in [-0.3, -0.25) is 0 Å². The number of hydrogen-bond acceptors (Lipinski definition) is 5. The lowest BCUT2D eigenvalue weighted by atomic mass is 10.0. The standard InChI is InChI=1S/C20H29N3O3S/c1-15(2)14-23(27(25,26)18-10-8-17(22)9-11-18)19(20(24)13-21)12-16-6-4-3-5-7-16/h3-11,15,19-20,24H,12-14,21-22H2,1-2H3. The van der Waals surface area contributed by atoms with E-state index in [1.165, 1.54) is 16.4 Å². The zero-order valence-corrected chi connectivity index (χ0v) is 16.6. The summed E-state index contributed by atoms with van der Waals surface area (Å²) in [5.41, 5.74) is 12.8. The van der Waals surface area contributed by atoms with Crippen LogP contribution in [-0.2, 0) is 16.4 Å². The van der Waals surface area contributed by atoms with Crippen molar-refractivity contribution in [2.45, 2.75) is 37.3 Å². The Labute approximate surface area is 161 Å². The summed E-state index contributed by atoms with van der Waals surface area (Å²) in [5, 5.41) is 10.6. The first-order valence-corrected chi connectivity index (χ1v) is 10.5. The van der Waals surface area contributed by atoms with E-state index in [0.717, 1.165) is 5.56 Å². The fraction of sp³-hybridized carbons (Fsp3) is 0.400. The predicted molar refractivity (Wildman–Crippen MR) is 109 cm³/mol. The average molecular weight is 392 g/mol. The van der Waals surface area contributed by atoms with E-state index < -0.39 is 22.2 Å². The van der Waals surface area contributed by atoms with Crippen molar-refractivity contribution in [1.29, 1.82) is 0 Å². The number of hydrogen-bond donors (Lipinski definition) is 3. The van der Waals surface area contributed by atoms with Crippen molar-refractivity contribution in [3.05, 3.63) is 60.2 Å². The van der Waals surface area contributed by atoms with Gasteiger partial charge in [0.2, 0.25) is 10.0 Å². The molecule has 6 nitrogen and oxygen atoms in total. The van der Waals surface area contributed by atoms with E-state index >= 15 is 0 Å². The SMILES string of the molecule is CC(C)CN(C(Cc1ccccc1)C(O)CN)S(=O)(=O)c1ccc(N)cc1. The summed E-state index contributed by atoms with van der Waals surface area (Å²) >= 11 is 0. The van der Waals surface area contributed by atoms with Crippen LogP contribution in [0.3, 0.4) is 0 Å². The smallest absolute Gasteiger partial charge is 0.243 e. The van der Waals surface area contributed by atoms with Gasteiger partial charge in [0.15, 0.2) is 0 Å². The quantitative estimate of drug-likeness (QED) is 0.565. The summed E-state index contributed by atoms with van der Waals surface area (Å²) < 4.78 is 28.1. The molecule has 0 aliphatic carbocycles. The fourth-order valence-electron chi connectivity index (χ4n) is 2.99. The first-order chi connectivity index (χ1) is 12.8. The summed E-state index contributed by atoms with van der Waals surface area (Å²) in [4.78, 5) is 0.152. The Morgan fingerprint density at radius 3 is 2.15 bits per heavy atom. The number of anilines is 1. The molecule has 27 heavy (non-hydrogen) atoms. The summed E-state index contributed by atoms with van der Waals surface area (Å²) in [7, 11) is -3.83. The maximum Gasteiger partial charge on any atom is 0.243 e. The molecule has 0 fully saturated rings. The third-order valence-corrected chi connectivity index (χ3v) is 6.28. The molecule has 0 amide bonds. The van der Waals surface area contributed by atoms with Crippen molar-refractivity contribution >= 4 is 15.7 Å². The van der Waals surface area contributed by atoms with Crippen LogP contribution < -0.4 is 11.5 Å². The number of benzene rings is 2.